The molecule has 0 aliphatic heterocycles. The maximum Gasteiger partial charge on any atom is 0.129 e. The largest absolute Gasteiger partial charge is 0.397 e. The minimum Gasteiger partial charge on any atom is -0.397 e. The normalized spacial score (nSPS) is 10.2. The monoisotopic (exact) mass is 218 g/mol. The van der Waals surface area contributed by atoms with Gasteiger partial charge in [0.25, 0.3) is 0 Å². The molecular weight excluding hydrogens is 208 g/mol. The Bertz CT molecular complexity index is 454. The molecule has 15 heavy (non-hydrogen) atoms. The molecule has 0 radical (unpaired) electrons. The van der Waals surface area contributed by atoms with Crippen LogP contribution in [-0.4, -0.2) is 4.98 Å². The summed E-state index contributed by atoms with van der Waals surface area (Å²) in [6.45, 7) is 0. The zero-order valence-corrected chi connectivity index (χ0v) is 8.91. The second-order valence-electron chi connectivity index (χ2n) is 3.33. The summed E-state index contributed by atoms with van der Waals surface area (Å²) in [7, 11) is 0. The van der Waals surface area contributed by atoms with Crippen LogP contribution in [0, 0.1) is 0 Å². The van der Waals surface area contributed by atoms with Crippen LogP contribution in [0.25, 0.3) is 0 Å². The molecule has 2 nitrogen and oxygen atoms in total. The predicted octanol–water partition coefficient (Wildman–Crippen LogP) is 2.91. The van der Waals surface area contributed by atoms with Crippen molar-refractivity contribution in [2.75, 3.05) is 5.73 Å². The maximum atomic E-state index is 5.82. The Kier molecular flexibility index (Phi) is 2.88. The molecule has 0 aliphatic rings. The molecular formula is C12H11ClN2. The summed E-state index contributed by atoms with van der Waals surface area (Å²) in [6.07, 6.45) is 0.716. The van der Waals surface area contributed by atoms with Crippen molar-refractivity contribution in [2.45, 2.75) is 6.42 Å². The van der Waals surface area contributed by atoms with Crippen molar-refractivity contribution in [1.82, 2.24) is 4.98 Å². The van der Waals surface area contributed by atoms with Crippen molar-refractivity contribution in [3.8, 4) is 0 Å². The van der Waals surface area contributed by atoms with E-state index in [4.69, 9.17) is 17.3 Å². The summed E-state index contributed by atoms with van der Waals surface area (Å²) in [4.78, 5) is 4.21. The van der Waals surface area contributed by atoms with Gasteiger partial charge in [0.1, 0.15) is 5.15 Å². The van der Waals surface area contributed by atoms with Crippen LogP contribution in [0.4, 0.5) is 5.69 Å². The molecule has 1 heterocycles. The summed E-state index contributed by atoms with van der Waals surface area (Å²) in [6, 6.07) is 13.5. The quantitative estimate of drug-likeness (QED) is 0.788. The van der Waals surface area contributed by atoms with Crippen molar-refractivity contribution in [3.05, 3.63) is 58.9 Å². The first-order valence-electron chi connectivity index (χ1n) is 4.70. The number of anilines is 1. The van der Waals surface area contributed by atoms with Crippen molar-refractivity contribution >= 4 is 17.3 Å². The average Bonchev–Trinajstić information content (AvgIpc) is 2.25. The number of benzene rings is 1. The topological polar surface area (TPSA) is 38.9 Å². The summed E-state index contributed by atoms with van der Waals surface area (Å²) >= 11 is 5.82. The first-order valence-corrected chi connectivity index (χ1v) is 5.08. The van der Waals surface area contributed by atoms with Crippen LogP contribution < -0.4 is 5.73 Å². The van der Waals surface area contributed by atoms with E-state index in [0.717, 1.165) is 5.69 Å². The van der Waals surface area contributed by atoms with Gasteiger partial charge < -0.3 is 5.73 Å². The summed E-state index contributed by atoms with van der Waals surface area (Å²) in [5, 5.41) is 0.482. The van der Waals surface area contributed by atoms with E-state index in [1.165, 1.54) is 5.56 Å². The summed E-state index contributed by atoms with van der Waals surface area (Å²) < 4.78 is 0. The van der Waals surface area contributed by atoms with Crippen LogP contribution in [0.15, 0.2) is 42.5 Å². The fourth-order valence-corrected chi connectivity index (χ4v) is 1.58. The van der Waals surface area contributed by atoms with E-state index in [9.17, 15) is 0 Å². The van der Waals surface area contributed by atoms with Crippen LogP contribution >= 0.6 is 11.6 Å². The Morgan fingerprint density at radius 3 is 2.53 bits per heavy atom. The number of halogens is 1. The molecule has 1 aromatic heterocycles. The molecule has 0 spiro atoms. The van der Waals surface area contributed by atoms with E-state index in [0.29, 0.717) is 17.3 Å². The molecule has 0 saturated carbocycles. The number of pyridine rings is 1. The highest BCUT2D eigenvalue weighted by atomic mass is 35.5. The first-order chi connectivity index (χ1) is 7.25. The standard InChI is InChI=1S/C12H11ClN2/c13-12-7-6-10(14)11(15-12)8-9-4-2-1-3-5-9/h1-7H,8,14H2. The van der Waals surface area contributed by atoms with Gasteiger partial charge in [-0.15, -0.1) is 0 Å². The van der Waals surface area contributed by atoms with Gasteiger partial charge in [0.15, 0.2) is 0 Å². The number of rotatable bonds is 2. The van der Waals surface area contributed by atoms with E-state index in [1.807, 2.05) is 30.3 Å². The van der Waals surface area contributed by atoms with Gasteiger partial charge in [-0.25, -0.2) is 4.98 Å². The molecule has 0 amide bonds. The number of hydrogen-bond donors (Lipinski definition) is 1. The number of nitrogens with two attached hydrogens (primary N) is 1. The second kappa shape index (κ2) is 4.32. The highest BCUT2D eigenvalue weighted by Crippen LogP contribution is 2.16. The molecule has 2 rings (SSSR count). The number of nitrogen functional groups attached to an aromatic ring is 1. The van der Waals surface area contributed by atoms with E-state index < -0.39 is 0 Å². The van der Waals surface area contributed by atoms with E-state index in [1.54, 1.807) is 12.1 Å². The SMILES string of the molecule is Nc1ccc(Cl)nc1Cc1ccccc1. The van der Waals surface area contributed by atoms with Crippen molar-refractivity contribution < 1.29 is 0 Å². The highest BCUT2D eigenvalue weighted by molar-refractivity contribution is 6.29. The molecule has 0 bridgehead atoms. The van der Waals surface area contributed by atoms with E-state index >= 15 is 0 Å². The Morgan fingerprint density at radius 2 is 1.80 bits per heavy atom. The zero-order valence-electron chi connectivity index (χ0n) is 8.15. The van der Waals surface area contributed by atoms with Gasteiger partial charge in [0.05, 0.1) is 11.4 Å². The van der Waals surface area contributed by atoms with Crippen LogP contribution in [0.2, 0.25) is 5.15 Å². The maximum absolute atomic E-state index is 5.82. The number of aromatic nitrogens is 1. The molecule has 76 valence electrons. The number of nitrogens with zero attached hydrogens (tertiary/aromatic N) is 1. The molecule has 0 saturated heterocycles. The van der Waals surface area contributed by atoms with Crippen molar-refractivity contribution in [3.63, 3.8) is 0 Å². The smallest absolute Gasteiger partial charge is 0.129 e. The molecule has 0 fully saturated rings. The third-order valence-electron chi connectivity index (χ3n) is 2.19. The van der Waals surface area contributed by atoms with Gasteiger partial charge in [-0.3, -0.25) is 0 Å². The lowest BCUT2D eigenvalue weighted by molar-refractivity contribution is 1.08. The van der Waals surface area contributed by atoms with Gasteiger partial charge in [0.2, 0.25) is 0 Å². The van der Waals surface area contributed by atoms with Crippen LogP contribution in [0.3, 0.4) is 0 Å². The van der Waals surface area contributed by atoms with Gasteiger partial charge >= 0.3 is 0 Å². The third kappa shape index (κ3) is 2.48. The molecule has 3 heteroatoms. The molecule has 2 N–H and O–H groups in total. The van der Waals surface area contributed by atoms with Crippen molar-refractivity contribution in [2.24, 2.45) is 0 Å². The van der Waals surface area contributed by atoms with Gasteiger partial charge in [-0.1, -0.05) is 41.9 Å². The fraction of sp³-hybridized carbons (Fsp3) is 0.0833. The Hall–Kier alpha value is -1.54. The van der Waals surface area contributed by atoms with E-state index in [2.05, 4.69) is 4.98 Å². The zero-order chi connectivity index (χ0) is 10.7. The van der Waals surface area contributed by atoms with Gasteiger partial charge in [0, 0.05) is 6.42 Å². The van der Waals surface area contributed by atoms with Gasteiger partial charge in [-0.2, -0.15) is 0 Å². The molecule has 0 aliphatic carbocycles. The second-order valence-corrected chi connectivity index (χ2v) is 3.72. The molecule has 0 unspecified atom stereocenters. The Balaban J connectivity index is 2.28. The highest BCUT2D eigenvalue weighted by Gasteiger charge is 2.02. The lowest BCUT2D eigenvalue weighted by atomic mass is 10.1. The first kappa shape index (κ1) is 9.99. The third-order valence-corrected chi connectivity index (χ3v) is 2.40. The fourth-order valence-electron chi connectivity index (χ4n) is 1.42. The Labute approximate surface area is 93.7 Å². The molecule has 2 aromatic rings. The lowest BCUT2D eigenvalue weighted by Crippen LogP contribution is -1.99. The summed E-state index contributed by atoms with van der Waals surface area (Å²) in [5.41, 5.74) is 8.51. The van der Waals surface area contributed by atoms with E-state index in [-0.39, 0.29) is 0 Å². The minimum atomic E-state index is 0.482. The molecule has 0 atom stereocenters. The molecule has 1 aromatic carbocycles. The van der Waals surface area contributed by atoms with Gasteiger partial charge in [-0.05, 0) is 17.7 Å². The van der Waals surface area contributed by atoms with Crippen molar-refractivity contribution in [1.29, 1.82) is 0 Å². The predicted molar refractivity (Wildman–Crippen MR) is 62.9 cm³/mol. The number of hydrogen-bond acceptors (Lipinski definition) is 2. The van der Waals surface area contributed by atoms with Crippen LogP contribution in [0.5, 0.6) is 0 Å². The Morgan fingerprint density at radius 1 is 1.07 bits per heavy atom. The minimum absolute atomic E-state index is 0.482. The van der Waals surface area contributed by atoms with Crippen LogP contribution in [-0.2, 0) is 6.42 Å². The summed E-state index contributed by atoms with van der Waals surface area (Å²) in [5.74, 6) is 0. The average molecular weight is 219 g/mol. The lowest BCUT2D eigenvalue weighted by Gasteiger charge is -2.04. The van der Waals surface area contributed by atoms with Crippen LogP contribution in [0.1, 0.15) is 11.3 Å².